The quantitative estimate of drug-likeness (QED) is 0.839. The molecule has 1 N–H and O–H groups in total. The Balaban J connectivity index is 2.03. The van der Waals surface area contributed by atoms with E-state index in [-0.39, 0.29) is 11.9 Å². The highest BCUT2D eigenvalue weighted by Gasteiger charge is 2.30. The molecule has 2 atom stereocenters. The summed E-state index contributed by atoms with van der Waals surface area (Å²) in [6, 6.07) is 8.18. The first-order valence-corrected chi connectivity index (χ1v) is 7.76. The summed E-state index contributed by atoms with van der Waals surface area (Å²) in [6.07, 6.45) is 3.01. The smallest absolute Gasteiger partial charge is 0.222 e. The maximum Gasteiger partial charge on any atom is 0.222 e. The van der Waals surface area contributed by atoms with Gasteiger partial charge in [0.05, 0.1) is 7.11 Å². The zero-order valence-electron chi connectivity index (χ0n) is 13.3. The molecular formula is C17H26N2O2. The molecule has 1 heterocycles. The van der Waals surface area contributed by atoms with Gasteiger partial charge in [0, 0.05) is 25.6 Å². The minimum absolute atomic E-state index is 0.143. The van der Waals surface area contributed by atoms with E-state index in [1.54, 1.807) is 7.11 Å². The van der Waals surface area contributed by atoms with Gasteiger partial charge >= 0.3 is 0 Å². The molecule has 1 aliphatic heterocycles. The fourth-order valence-electron chi connectivity index (χ4n) is 3.07. The monoisotopic (exact) mass is 290 g/mol. The van der Waals surface area contributed by atoms with Crippen molar-refractivity contribution in [2.75, 3.05) is 27.2 Å². The molecular weight excluding hydrogens is 264 g/mol. The van der Waals surface area contributed by atoms with Crippen molar-refractivity contribution in [3.05, 3.63) is 29.8 Å². The summed E-state index contributed by atoms with van der Waals surface area (Å²) in [7, 11) is 3.61. The van der Waals surface area contributed by atoms with E-state index in [1.165, 1.54) is 0 Å². The van der Waals surface area contributed by atoms with Crippen molar-refractivity contribution in [3.63, 3.8) is 0 Å². The van der Waals surface area contributed by atoms with Crippen molar-refractivity contribution in [3.8, 4) is 5.75 Å². The lowest BCUT2D eigenvalue weighted by atomic mass is 10.0. The summed E-state index contributed by atoms with van der Waals surface area (Å²) in [6.45, 7) is 3.80. The molecule has 1 aliphatic rings. The molecule has 0 aromatic heterocycles. The number of rotatable bonds is 7. The largest absolute Gasteiger partial charge is 0.497 e. The molecule has 4 heteroatoms. The molecule has 0 spiro atoms. The maximum absolute atomic E-state index is 12.1. The van der Waals surface area contributed by atoms with E-state index in [9.17, 15) is 4.79 Å². The van der Waals surface area contributed by atoms with Gasteiger partial charge < -0.3 is 15.0 Å². The Hall–Kier alpha value is -1.55. The van der Waals surface area contributed by atoms with Crippen molar-refractivity contribution in [2.24, 2.45) is 5.92 Å². The van der Waals surface area contributed by atoms with Crippen molar-refractivity contribution in [1.82, 2.24) is 10.2 Å². The topological polar surface area (TPSA) is 41.6 Å². The first-order chi connectivity index (χ1) is 10.2. The minimum Gasteiger partial charge on any atom is -0.497 e. The van der Waals surface area contributed by atoms with E-state index in [2.05, 4.69) is 18.3 Å². The number of likely N-dealkylation sites (tertiary alicyclic amines) is 1. The fourth-order valence-corrected chi connectivity index (χ4v) is 3.07. The zero-order valence-corrected chi connectivity index (χ0v) is 13.3. The third-order valence-corrected chi connectivity index (χ3v) is 4.24. The van der Waals surface area contributed by atoms with Crippen LogP contribution in [0.3, 0.4) is 0 Å². The van der Waals surface area contributed by atoms with E-state index in [1.807, 2.05) is 30.1 Å². The maximum atomic E-state index is 12.1. The average Bonchev–Trinajstić information content (AvgIpc) is 2.85. The van der Waals surface area contributed by atoms with E-state index < -0.39 is 0 Å². The van der Waals surface area contributed by atoms with Crippen LogP contribution in [0.5, 0.6) is 5.75 Å². The van der Waals surface area contributed by atoms with Crippen LogP contribution in [0.25, 0.3) is 0 Å². The van der Waals surface area contributed by atoms with Gasteiger partial charge in [-0.25, -0.2) is 0 Å². The Labute approximate surface area is 127 Å². The number of ether oxygens (including phenoxy) is 1. The molecule has 1 amide bonds. The van der Waals surface area contributed by atoms with Crippen molar-refractivity contribution in [2.45, 2.75) is 32.2 Å². The molecule has 116 valence electrons. The van der Waals surface area contributed by atoms with Crippen LogP contribution in [0.2, 0.25) is 0 Å². The number of hydrogen-bond donors (Lipinski definition) is 1. The van der Waals surface area contributed by atoms with Crippen LogP contribution in [0.4, 0.5) is 0 Å². The average molecular weight is 290 g/mol. The van der Waals surface area contributed by atoms with Gasteiger partial charge in [-0.1, -0.05) is 25.5 Å². The number of carbonyl (C=O) groups excluding carboxylic acids is 1. The highest BCUT2D eigenvalue weighted by atomic mass is 16.5. The Morgan fingerprint density at radius 2 is 2.29 bits per heavy atom. The van der Waals surface area contributed by atoms with Gasteiger partial charge in [-0.3, -0.25) is 4.79 Å². The van der Waals surface area contributed by atoms with Crippen LogP contribution in [0, 0.1) is 5.92 Å². The molecule has 1 fully saturated rings. The number of hydrogen-bond acceptors (Lipinski definition) is 3. The molecule has 2 unspecified atom stereocenters. The normalized spacial score (nSPS) is 19.9. The molecule has 4 nitrogen and oxygen atoms in total. The van der Waals surface area contributed by atoms with E-state index >= 15 is 0 Å². The third kappa shape index (κ3) is 3.97. The SMILES string of the molecule is CCCC1CC(=O)N(CC(NC)c2cccc(OC)c2)C1. The molecule has 1 aromatic carbocycles. The Morgan fingerprint density at radius 3 is 2.95 bits per heavy atom. The van der Waals surface area contributed by atoms with Crippen LogP contribution >= 0.6 is 0 Å². The van der Waals surface area contributed by atoms with Crippen LogP contribution in [0.1, 0.15) is 37.8 Å². The highest BCUT2D eigenvalue weighted by Crippen LogP contribution is 2.26. The summed E-state index contributed by atoms with van der Waals surface area (Å²) >= 11 is 0. The number of likely N-dealkylation sites (N-methyl/N-ethyl adjacent to an activating group) is 1. The predicted molar refractivity (Wildman–Crippen MR) is 84.4 cm³/mol. The highest BCUT2D eigenvalue weighted by molar-refractivity contribution is 5.78. The lowest BCUT2D eigenvalue weighted by Gasteiger charge is -2.24. The Morgan fingerprint density at radius 1 is 1.48 bits per heavy atom. The van der Waals surface area contributed by atoms with E-state index in [0.717, 1.165) is 37.2 Å². The number of amides is 1. The lowest BCUT2D eigenvalue weighted by Crippen LogP contribution is -2.35. The predicted octanol–water partition coefficient (Wildman–Crippen LogP) is 2.60. The Bertz CT molecular complexity index is 476. The summed E-state index contributed by atoms with van der Waals surface area (Å²) in [4.78, 5) is 14.1. The van der Waals surface area contributed by atoms with Crippen molar-refractivity contribution < 1.29 is 9.53 Å². The number of nitrogens with one attached hydrogen (secondary N) is 1. The summed E-state index contributed by atoms with van der Waals surface area (Å²) in [5.41, 5.74) is 1.16. The van der Waals surface area contributed by atoms with Crippen molar-refractivity contribution in [1.29, 1.82) is 0 Å². The number of methoxy groups -OCH3 is 1. The summed E-state index contributed by atoms with van der Waals surface area (Å²) in [5, 5.41) is 3.31. The lowest BCUT2D eigenvalue weighted by molar-refractivity contribution is -0.128. The van der Waals surface area contributed by atoms with Gasteiger partial charge in [0.1, 0.15) is 5.75 Å². The van der Waals surface area contributed by atoms with Crippen molar-refractivity contribution >= 4 is 5.91 Å². The number of carbonyl (C=O) groups is 1. The van der Waals surface area contributed by atoms with Crippen LogP contribution in [-0.2, 0) is 4.79 Å². The fraction of sp³-hybridized carbons (Fsp3) is 0.588. The third-order valence-electron chi connectivity index (χ3n) is 4.24. The van der Waals surface area contributed by atoms with E-state index in [0.29, 0.717) is 12.3 Å². The zero-order chi connectivity index (χ0) is 15.2. The number of benzene rings is 1. The minimum atomic E-state index is 0.143. The molecule has 2 rings (SSSR count). The summed E-state index contributed by atoms with van der Waals surface area (Å²) < 4.78 is 5.28. The standard InChI is InChI=1S/C17H26N2O2/c1-4-6-13-9-17(20)19(11-13)12-16(18-2)14-7-5-8-15(10-14)21-3/h5,7-8,10,13,16,18H,4,6,9,11-12H2,1-3H3. The first-order valence-electron chi connectivity index (χ1n) is 7.76. The van der Waals surface area contributed by atoms with Gasteiger partial charge in [-0.15, -0.1) is 0 Å². The second kappa shape index (κ2) is 7.46. The molecule has 1 aromatic rings. The van der Waals surface area contributed by atoms with Gasteiger partial charge in [0.25, 0.3) is 0 Å². The van der Waals surface area contributed by atoms with Crippen LogP contribution < -0.4 is 10.1 Å². The first kappa shape index (κ1) is 15.8. The summed E-state index contributed by atoms with van der Waals surface area (Å²) in [5.74, 6) is 1.67. The molecule has 1 saturated heterocycles. The van der Waals surface area contributed by atoms with Crippen LogP contribution in [0.15, 0.2) is 24.3 Å². The van der Waals surface area contributed by atoms with Crippen LogP contribution in [-0.4, -0.2) is 38.1 Å². The van der Waals surface area contributed by atoms with Gasteiger partial charge in [0.2, 0.25) is 5.91 Å². The molecule has 0 radical (unpaired) electrons. The molecule has 0 aliphatic carbocycles. The van der Waals surface area contributed by atoms with Gasteiger partial charge in [0.15, 0.2) is 0 Å². The molecule has 21 heavy (non-hydrogen) atoms. The van der Waals surface area contributed by atoms with Gasteiger partial charge in [-0.2, -0.15) is 0 Å². The molecule has 0 saturated carbocycles. The molecule has 0 bridgehead atoms. The van der Waals surface area contributed by atoms with E-state index in [4.69, 9.17) is 4.74 Å². The Kier molecular flexibility index (Phi) is 5.62. The second-order valence-corrected chi connectivity index (χ2v) is 5.78. The number of nitrogens with zero attached hydrogens (tertiary/aromatic N) is 1. The second-order valence-electron chi connectivity index (χ2n) is 5.78. The van der Waals surface area contributed by atoms with Gasteiger partial charge in [-0.05, 0) is 37.1 Å².